The Balaban J connectivity index is 2.01. The van der Waals surface area contributed by atoms with Crippen molar-refractivity contribution in [1.82, 2.24) is 9.97 Å². The van der Waals surface area contributed by atoms with Crippen molar-refractivity contribution in [3.8, 4) is 39.8 Å². The van der Waals surface area contributed by atoms with E-state index in [0.717, 1.165) is 44.9 Å². The van der Waals surface area contributed by atoms with Crippen LogP contribution < -0.4 is 0 Å². The molecular weight excluding hydrogens is 390 g/mol. The number of aromatic nitrogens is 2. The highest BCUT2D eigenvalue weighted by Crippen LogP contribution is 2.35. The van der Waals surface area contributed by atoms with Crippen LogP contribution in [0.3, 0.4) is 0 Å². The Kier molecular flexibility index (Phi) is 5.63. The van der Waals surface area contributed by atoms with Crippen LogP contribution in [0.4, 0.5) is 0 Å². The quantitative estimate of drug-likeness (QED) is 0.354. The maximum absolute atomic E-state index is 9.32. The second-order valence-corrected chi connectivity index (χ2v) is 8.80. The monoisotopic (exact) mass is 417 g/mol. The van der Waals surface area contributed by atoms with Crippen LogP contribution in [0.5, 0.6) is 0 Å². The van der Waals surface area contributed by atoms with Crippen LogP contribution in [0.1, 0.15) is 38.9 Å². The van der Waals surface area contributed by atoms with Crippen LogP contribution in [0.15, 0.2) is 54.7 Å². The summed E-state index contributed by atoms with van der Waals surface area (Å²) in [6, 6.07) is 19.1. The number of aryl methyl sites for hydroxylation is 6. The molecule has 0 amide bonds. The molecule has 0 spiro atoms. The largest absolute Gasteiger partial charge is 0.252 e. The molecule has 0 aliphatic rings. The van der Waals surface area contributed by atoms with Crippen LogP contribution in [0.2, 0.25) is 0 Å². The molecule has 3 aromatic carbocycles. The van der Waals surface area contributed by atoms with Gasteiger partial charge in [-0.15, -0.1) is 0 Å². The molecule has 1 heterocycles. The van der Waals surface area contributed by atoms with E-state index < -0.39 is 0 Å². The first-order valence-corrected chi connectivity index (χ1v) is 10.8. The van der Waals surface area contributed by atoms with E-state index in [1.807, 2.05) is 32.2 Å². The molecule has 0 N–H and O–H groups in total. The molecule has 0 aliphatic heterocycles. The number of hydrogen-bond donors (Lipinski definition) is 0. The van der Waals surface area contributed by atoms with E-state index in [-0.39, 0.29) is 0 Å². The number of rotatable bonds is 3. The summed E-state index contributed by atoms with van der Waals surface area (Å²) in [4.78, 5) is 10.1. The molecule has 0 bridgehead atoms. The van der Waals surface area contributed by atoms with Crippen molar-refractivity contribution >= 4 is 0 Å². The molecule has 0 atom stereocenters. The molecule has 0 unspecified atom stereocenters. The number of hydrogen-bond acceptors (Lipinski definition) is 3. The molecule has 0 saturated carbocycles. The predicted molar refractivity (Wildman–Crippen MR) is 131 cm³/mol. The van der Waals surface area contributed by atoms with Crippen molar-refractivity contribution in [1.29, 1.82) is 5.26 Å². The van der Waals surface area contributed by atoms with E-state index in [1.54, 1.807) is 0 Å². The van der Waals surface area contributed by atoms with Gasteiger partial charge in [0.05, 0.1) is 34.9 Å². The predicted octanol–water partition coefficient (Wildman–Crippen LogP) is 7.20. The topological polar surface area (TPSA) is 49.6 Å². The van der Waals surface area contributed by atoms with E-state index in [4.69, 9.17) is 9.97 Å². The van der Waals surface area contributed by atoms with Crippen LogP contribution in [-0.4, -0.2) is 9.97 Å². The van der Waals surface area contributed by atoms with Gasteiger partial charge in [-0.05, 0) is 89.1 Å². The van der Waals surface area contributed by atoms with Crippen LogP contribution in [0, 0.1) is 52.9 Å². The molecule has 0 fully saturated rings. The fourth-order valence-electron chi connectivity index (χ4n) is 4.58. The summed E-state index contributed by atoms with van der Waals surface area (Å²) in [5.41, 5.74) is 13.3. The van der Waals surface area contributed by atoms with Gasteiger partial charge in [0.1, 0.15) is 0 Å². The Morgan fingerprint density at radius 1 is 0.625 bits per heavy atom. The van der Waals surface area contributed by atoms with Crippen LogP contribution in [-0.2, 0) is 0 Å². The van der Waals surface area contributed by atoms with Gasteiger partial charge in [-0.1, -0.05) is 34.4 Å². The Bertz CT molecular complexity index is 1330. The first kappa shape index (κ1) is 21.5. The molecule has 32 heavy (non-hydrogen) atoms. The highest BCUT2D eigenvalue weighted by Gasteiger charge is 2.17. The lowest BCUT2D eigenvalue weighted by Gasteiger charge is -2.15. The SMILES string of the molecule is Cc1cc(C)cc(-c2ncc(-c3c(C)cc(C#N)cc3C)nc2-c2cc(C)cc(C)c2)c1. The molecule has 3 nitrogen and oxygen atoms in total. The highest BCUT2D eigenvalue weighted by molar-refractivity contribution is 5.81. The third kappa shape index (κ3) is 4.18. The molecule has 158 valence electrons. The summed E-state index contributed by atoms with van der Waals surface area (Å²) in [6.45, 7) is 12.5. The fraction of sp³-hybridized carbons (Fsp3) is 0.207. The molecule has 4 rings (SSSR count). The third-order valence-corrected chi connectivity index (χ3v) is 5.68. The molecule has 0 saturated heterocycles. The number of benzene rings is 3. The van der Waals surface area contributed by atoms with Gasteiger partial charge in [0.2, 0.25) is 0 Å². The zero-order chi connectivity index (χ0) is 23.0. The lowest BCUT2D eigenvalue weighted by molar-refractivity contribution is 1.19. The first-order valence-electron chi connectivity index (χ1n) is 10.8. The summed E-state index contributed by atoms with van der Waals surface area (Å²) in [7, 11) is 0. The lowest BCUT2D eigenvalue weighted by atomic mass is 9.95. The molecule has 1 aromatic heterocycles. The first-order chi connectivity index (χ1) is 15.2. The van der Waals surface area contributed by atoms with Crippen molar-refractivity contribution in [2.75, 3.05) is 0 Å². The third-order valence-electron chi connectivity index (χ3n) is 5.68. The fourth-order valence-corrected chi connectivity index (χ4v) is 4.58. The summed E-state index contributed by atoms with van der Waals surface area (Å²) in [5, 5.41) is 9.32. The Hall–Kier alpha value is -3.77. The van der Waals surface area contributed by atoms with E-state index in [2.05, 4.69) is 70.2 Å². The number of nitriles is 1. The summed E-state index contributed by atoms with van der Waals surface area (Å²) >= 11 is 0. The smallest absolute Gasteiger partial charge is 0.0991 e. The average Bonchev–Trinajstić information content (AvgIpc) is 2.71. The van der Waals surface area contributed by atoms with E-state index >= 15 is 0 Å². The van der Waals surface area contributed by atoms with Crippen molar-refractivity contribution in [2.45, 2.75) is 41.5 Å². The van der Waals surface area contributed by atoms with Gasteiger partial charge in [-0.3, -0.25) is 4.98 Å². The maximum atomic E-state index is 9.32. The number of nitrogens with zero attached hydrogens (tertiary/aromatic N) is 3. The zero-order valence-electron chi connectivity index (χ0n) is 19.5. The zero-order valence-corrected chi connectivity index (χ0v) is 19.5. The van der Waals surface area contributed by atoms with E-state index in [9.17, 15) is 5.26 Å². The van der Waals surface area contributed by atoms with Gasteiger partial charge >= 0.3 is 0 Å². The second-order valence-electron chi connectivity index (χ2n) is 8.80. The maximum Gasteiger partial charge on any atom is 0.0991 e. The summed E-state index contributed by atoms with van der Waals surface area (Å²) < 4.78 is 0. The van der Waals surface area contributed by atoms with Crippen LogP contribution >= 0.6 is 0 Å². The van der Waals surface area contributed by atoms with E-state index in [0.29, 0.717) is 5.56 Å². The minimum absolute atomic E-state index is 0.665. The highest BCUT2D eigenvalue weighted by atomic mass is 14.8. The van der Waals surface area contributed by atoms with Gasteiger partial charge in [0, 0.05) is 16.7 Å². The Labute approximate surface area is 190 Å². The lowest BCUT2D eigenvalue weighted by Crippen LogP contribution is -2.00. The second kappa shape index (κ2) is 8.40. The van der Waals surface area contributed by atoms with Crippen molar-refractivity contribution in [3.63, 3.8) is 0 Å². The molecule has 0 radical (unpaired) electrons. The summed E-state index contributed by atoms with van der Waals surface area (Å²) in [6.07, 6.45) is 1.86. The minimum atomic E-state index is 0.665. The standard InChI is InChI=1S/C29H27N3/c1-17-7-18(2)10-24(9-17)28-29(25-11-19(3)8-20(4)12-25)32-26(16-31-28)27-21(5)13-23(15-30)14-22(27)6/h7-14,16H,1-6H3. The van der Waals surface area contributed by atoms with Crippen LogP contribution in [0.25, 0.3) is 33.8 Å². The normalized spacial score (nSPS) is 10.8. The van der Waals surface area contributed by atoms with Crippen molar-refractivity contribution in [2.24, 2.45) is 0 Å². The van der Waals surface area contributed by atoms with Gasteiger partial charge in [-0.2, -0.15) is 5.26 Å². The van der Waals surface area contributed by atoms with Gasteiger partial charge in [0.15, 0.2) is 0 Å². The minimum Gasteiger partial charge on any atom is -0.252 e. The van der Waals surface area contributed by atoms with E-state index in [1.165, 1.54) is 22.3 Å². The van der Waals surface area contributed by atoms with Gasteiger partial charge < -0.3 is 0 Å². The Morgan fingerprint density at radius 3 is 1.56 bits per heavy atom. The molecule has 0 aliphatic carbocycles. The van der Waals surface area contributed by atoms with Gasteiger partial charge in [0.25, 0.3) is 0 Å². The molecule has 3 heteroatoms. The Morgan fingerprint density at radius 2 is 1.09 bits per heavy atom. The molecule has 4 aromatic rings. The summed E-state index contributed by atoms with van der Waals surface area (Å²) in [5.74, 6) is 0. The molecular formula is C29H27N3. The average molecular weight is 418 g/mol. The van der Waals surface area contributed by atoms with Crippen molar-refractivity contribution in [3.05, 3.63) is 93.7 Å². The van der Waals surface area contributed by atoms with Crippen molar-refractivity contribution < 1.29 is 0 Å². The van der Waals surface area contributed by atoms with Gasteiger partial charge in [-0.25, -0.2) is 4.98 Å².